The first kappa shape index (κ1) is 20.4. The zero-order valence-electron chi connectivity index (χ0n) is 17.2. The molecule has 0 bridgehead atoms. The molecule has 0 saturated carbocycles. The van der Waals surface area contributed by atoms with Crippen LogP contribution in [0.5, 0.6) is 5.75 Å². The number of amides is 1. The van der Waals surface area contributed by atoms with Gasteiger partial charge in [0.1, 0.15) is 5.75 Å². The lowest BCUT2D eigenvalue weighted by Crippen LogP contribution is -2.25. The van der Waals surface area contributed by atoms with Gasteiger partial charge in [0.25, 0.3) is 11.5 Å². The molecule has 0 unspecified atom stereocenters. The van der Waals surface area contributed by atoms with Gasteiger partial charge in [-0.15, -0.1) is 0 Å². The zero-order valence-corrected chi connectivity index (χ0v) is 17.2. The molecule has 2 N–H and O–H groups in total. The van der Waals surface area contributed by atoms with Crippen molar-refractivity contribution in [2.45, 2.75) is 32.7 Å². The van der Waals surface area contributed by atoms with Crippen LogP contribution in [0.1, 0.15) is 42.3 Å². The minimum atomic E-state index is -0.280. The molecule has 1 heterocycles. The summed E-state index contributed by atoms with van der Waals surface area (Å²) in [5.41, 5.74) is 3.00. The van der Waals surface area contributed by atoms with Crippen LogP contribution >= 0.6 is 0 Å². The number of carbonyl (C=O) groups excluding carboxylic acids is 1. The second kappa shape index (κ2) is 8.35. The molecule has 3 aromatic rings. The number of pyridine rings is 1. The largest absolute Gasteiger partial charge is 0.496 e. The first-order valence-electron chi connectivity index (χ1n) is 9.54. The quantitative estimate of drug-likeness (QED) is 0.683. The number of nitrogens with one attached hydrogen (secondary N) is 2. The SMILES string of the molecule is COc1c(C(=O)NCc2ccccc2)cc(-c2ccc[nH]c2=O)cc1C(C)(C)C. The number of H-pyrrole nitrogens is 1. The van der Waals surface area contributed by atoms with Crippen molar-refractivity contribution in [3.63, 3.8) is 0 Å². The number of aromatic nitrogens is 1. The summed E-state index contributed by atoms with van der Waals surface area (Å²) in [5, 5.41) is 2.96. The monoisotopic (exact) mass is 390 g/mol. The zero-order chi connectivity index (χ0) is 21.0. The van der Waals surface area contributed by atoms with Gasteiger partial charge < -0.3 is 15.0 Å². The van der Waals surface area contributed by atoms with Gasteiger partial charge in [-0.05, 0) is 40.8 Å². The number of hydrogen-bond acceptors (Lipinski definition) is 3. The molecular weight excluding hydrogens is 364 g/mol. The highest BCUT2D eigenvalue weighted by atomic mass is 16.5. The fourth-order valence-electron chi connectivity index (χ4n) is 3.25. The molecule has 29 heavy (non-hydrogen) atoms. The lowest BCUT2D eigenvalue weighted by atomic mass is 9.83. The summed E-state index contributed by atoms with van der Waals surface area (Å²) < 4.78 is 5.65. The van der Waals surface area contributed by atoms with Crippen molar-refractivity contribution < 1.29 is 9.53 Å². The van der Waals surface area contributed by atoms with Crippen molar-refractivity contribution in [1.82, 2.24) is 10.3 Å². The Morgan fingerprint density at radius 3 is 2.41 bits per heavy atom. The van der Waals surface area contributed by atoms with Gasteiger partial charge >= 0.3 is 0 Å². The molecule has 0 saturated heterocycles. The highest BCUT2D eigenvalue weighted by Crippen LogP contribution is 2.37. The molecular formula is C24H26N2O3. The van der Waals surface area contributed by atoms with Crippen LogP contribution in [0, 0.1) is 0 Å². The fourth-order valence-corrected chi connectivity index (χ4v) is 3.25. The molecule has 5 heteroatoms. The second-order valence-electron chi connectivity index (χ2n) is 7.94. The Kier molecular flexibility index (Phi) is 5.87. The maximum Gasteiger partial charge on any atom is 0.255 e. The highest BCUT2D eigenvalue weighted by molar-refractivity contribution is 5.99. The Balaban J connectivity index is 2.08. The molecule has 0 spiro atoms. The van der Waals surface area contributed by atoms with E-state index in [0.29, 0.717) is 29.0 Å². The van der Waals surface area contributed by atoms with E-state index >= 15 is 0 Å². The van der Waals surface area contributed by atoms with E-state index in [0.717, 1.165) is 11.1 Å². The molecule has 3 rings (SSSR count). The van der Waals surface area contributed by atoms with E-state index < -0.39 is 0 Å². The van der Waals surface area contributed by atoms with Crippen molar-refractivity contribution in [2.24, 2.45) is 0 Å². The number of methoxy groups -OCH3 is 1. The molecule has 1 aromatic heterocycles. The van der Waals surface area contributed by atoms with E-state index in [4.69, 9.17) is 4.74 Å². The summed E-state index contributed by atoms with van der Waals surface area (Å²) in [6, 6.07) is 16.9. The van der Waals surface area contributed by atoms with Gasteiger partial charge in [0, 0.05) is 23.9 Å². The van der Waals surface area contributed by atoms with E-state index in [1.54, 1.807) is 31.5 Å². The van der Waals surface area contributed by atoms with Crippen LogP contribution < -0.4 is 15.6 Å². The van der Waals surface area contributed by atoms with Gasteiger partial charge in [-0.3, -0.25) is 9.59 Å². The third-order valence-electron chi connectivity index (χ3n) is 4.77. The average molecular weight is 390 g/mol. The van der Waals surface area contributed by atoms with E-state index in [2.05, 4.69) is 31.1 Å². The molecule has 5 nitrogen and oxygen atoms in total. The number of carbonyl (C=O) groups is 1. The predicted octanol–water partition coefficient (Wildman–Crippen LogP) is 4.28. The first-order chi connectivity index (χ1) is 13.8. The first-order valence-corrected chi connectivity index (χ1v) is 9.54. The lowest BCUT2D eigenvalue weighted by Gasteiger charge is -2.25. The van der Waals surface area contributed by atoms with Gasteiger partial charge in [-0.25, -0.2) is 0 Å². The Hall–Kier alpha value is -3.34. The minimum absolute atomic E-state index is 0.201. The number of aromatic amines is 1. The fraction of sp³-hybridized carbons (Fsp3) is 0.250. The van der Waals surface area contributed by atoms with Gasteiger partial charge in [0.15, 0.2) is 0 Å². The van der Waals surface area contributed by atoms with E-state index in [-0.39, 0.29) is 16.9 Å². The van der Waals surface area contributed by atoms with Gasteiger partial charge in [0.2, 0.25) is 0 Å². The third-order valence-corrected chi connectivity index (χ3v) is 4.77. The van der Waals surface area contributed by atoms with Crippen molar-refractivity contribution in [3.8, 4) is 16.9 Å². The minimum Gasteiger partial charge on any atom is -0.496 e. The molecule has 0 aliphatic carbocycles. The van der Waals surface area contributed by atoms with Gasteiger partial charge in [-0.1, -0.05) is 51.1 Å². The summed E-state index contributed by atoms with van der Waals surface area (Å²) in [7, 11) is 1.56. The summed E-state index contributed by atoms with van der Waals surface area (Å²) in [6.45, 7) is 6.56. The smallest absolute Gasteiger partial charge is 0.255 e. The lowest BCUT2D eigenvalue weighted by molar-refractivity contribution is 0.0947. The summed E-state index contributed by atoms with van der Waals surface area (Å²) in [5.74, 6) is 0.282. The van der Waals surface area contributed by atoms with Crippen molar-refractivity contribution in [3.05, 3.63) is 87.8 Å². The van der Waals surface area contributed by atoms with Gasteiger partial charge in [-0.2, -0.15) is 0 Å². The Bertz CT molecular complexity index is 1060. The van der Waals surface area contributed by atoms with Crippen LogP contribution in [-0.4, -0.2) is 18.0 Å². The van der Waals surface area contributed by atoms with Gasteiger partial charge in [0.05, 0.1) is 12.7 Å². The predicted molar refractivity (Wildman–Crippen MR) is 115 cm³/mol. The topological polar surface area (TPSA) is 71.2 Å². The van der Waals surface area contributed by atoms with E-state index in [9.17, 15) is 9.59 Å². The molecule has 0 aliphatic rings. The maximum atomic E-state index is 13.1. The molecule has 1 amide bonds. The summed E-state index contributed by atoms with van der Waals surface area (Å²) >= 11 is 0. The Labute approximate surface area is 170 Å². The molecule has 150 valence electrons. The number of rotatable bonds is 5. The molecule has 0 atom stereocenters. The molecule has 0 fully saturated rings. The Morgan fingerprint density at radius 1 is 1.07 bits per heavy atom. The van der Waals surface area contributed by atoms with Crippen LogP contribution in [0.3, 0.4) is 0 Å². The van der Waals surface area contributed by atoms with Crippen LogP contribution in [0.15, 0.2) is 65.6 Å². The van der Waals surface area contributed by atoms with Crippen molar-refractivity contribution >= 4 is 5.91 Å². The van der Waals surface area contributed by atoms with Crippen LogP contribution in [0.2, 0.25) is 0 Å². The highest BCUT2D eigenvalue weighted by Gasteiger charge is 2.26. The van der Waals surface area contributed by atoms with Crippen LogP contribution in [0.25, 0.3) is 11.1 Å². The van der Waals surface area contributed by atoms with Crippen LogP contribution in [-0.2, 0) is 12.0 Å². The number of ether oxygens (including phenoxy) is 1. The molecule has 0 radical (unpaired) electrons. The number of hydrogen-bond donors (Lipinski definition) is 2. The molecule has 0 aliphatic heterocycles. The van der Waals surface area contributed by atoms with Crippen molar-refractivity contribution in [1.29, 1.82) is 0 Å². The molecule has 2 aromatic carbocycles. The van der Waals surface area contributed by atoms with Crippen molar-refractivity contribution in [2.75, 3.05) is 7.11 Å². The van der Waals surface area contributed by atoms with E-state index in [1.165, 1.54) is 0 Å². The normalized spacial score (nSPS) is 11.2. The summed E-state index contributed by atoms with van der Waals surface area (Å²) in [4.78, 5) is 28.1. The standard InChI is InChI=1S/C24H26N2O3/c1-24(2,3)20-14-17(18-11-8-12-25-22(18)27)13-19(21(20)29-4)23(28)26-15-16-9-6-5-7-10-16/h5-14H,15H2,1-4H3,(H,25,27)(H,26,28). The second-order valence-corrected chi connectivity index (χ2v) is 7.94. The van der Waals surface area contributed by atoms with Crippen LogP contribution in [0.4, 0.5) is 0 Å². The summed E-state index contributed by atoms with van der Waals surface area (Å²) in [6.07, 6.45) is 1.59. The van der Waals surface area contributed by atoms with E-state index in [1.807, 2.05) is 36.4 Å². The third kappa shape index (κ3) is 4.57. The maximum absolute atomic E-state index is 13.1. The average Bonchev–Trinajstić information content (AvgIpc) is 2.71. The Morgan fingerprint density at radius 2 is 1.79 bits per heavy atom. The number of benzene rings is 2.